The second kappa shape index (κ2) is 7.32. The number of carbonyl (C=O) groups excluding carboxylic acids is 2. The van der Waals surface area contributed by atoms with Gasteiger partial charge in [0, 0.05) is 14.0 Å². The minimum absolute atomic E-state index is 0.155. The Labute approximate surface area is 84.4 Å². The van der Waals surface area contributed by atoms with Crippen LogP contribution >= 0.6 is 0 Å². The molecule has 0 heterocycles. The zero-order chi connectivity index (χ0) is 11.0. The molecule has 0 aliphatic rings. The van der Waals surface area contributed by atoms with E-state index in [4.69, 9.17) is 5.73 Å². The van der Waals surface area contributed by atoms with E-state index in [-0.39, 0.29) is 11.8 Å². The summed E-state index contributed by atoms with van der Waals surface area (Å²) < 4.78 is 0. The van der Waals surface area contributed by atoms with E-state index in [2.05, 4.69) is 10.6 Å². The van der Waals surface area contributed by atoms with E-state index < -0.39 is 6.04 Å². The Morgan fingerprint density at radius 2 is 2.00 bits per heavy atom. The lowest BCUT2D eigenvalue weighted by Crippen LogP contribution is -2.44. The molecular formula is C9H19N3O2. The fraction of sp³-hybridized carbons (Fsp3) is 0.778. The SMILES string of the molecule is CNC(=O)C(CCCCN)NC(C)=O. The predicted molar refractivity (Wildman–Crippen MR) is 54.6 cm³/mol. The first kappa shape index (κ1) is 12.9. The number of unbranched alkanes of at least 4 members (excludes halogenated alkanes) is 1. The van der Waals surface area contributed by atoms with Crippen LogP contribution in [0.15, 0.2) is 0 Å². The minimum atomic E-state index is -0.427. The fourth-order valence-corrected chi connectivity index (χ4v) is 1.18. The lowest BCUT2D eigenvalue weighted by atomic mass is 10.1. The maximum Gasteiger partial charge on any atom is 0.242 e. The number of hydrogen-bond acceptors (Lipinski definition) is 3. The van der Waals surface area contributed by atoms with Crippen molar-refractivity contribution in [2.24, 2.45) is 5.73 Å². The molecule has 2 amide bonds. The van der Waals surface area contributed by atoms with E-state index in [0.29, 0.717) is 13.0 Å². The van der Waals surface area contributed by atoms with Crippen LogP contribution in [0.2, 0.25) is 0 Å². The van der Waals surface area contributed by atoms with Crippen LogP contribution in [0.5, 0.6) is 0 Å². The highest BCUT2D eigenvalue weighted by molar-refractivity contribution is 5.86. The molecule has 5 heteroatoms. The highest BCUT2D eigenvalue weighted by Crippen LogP contribution is 2.00. The van der Waals surface area contributed by atoms with E-state index in [9.17, 15) is 9.59 Å². The van der Waals surface area contributed by atoms with Crippen LogP contribution in [0.4, 0.5) is 0 Å². The standard InChI is InChI=1S/C9H19N3O2/c1-7(13)12-8(9(14)11-2)5-3-4-6-10/h8H,3-6,10H2,1-2H3,(H,11,14)(H,12,13). The number of hydrogen-bond donors (Lipinski definition) is 3. The van der Waals surface area contributed by atoms with Crippen molar-refractivity contribution in [3.63, 3.8) is 0 Å². The van der Waals surface area contributed by atoms with Crippen LogP contribution in [0.3, 0.4) is 0 Å². The zero-order valence-electron chi connectivity index (χ0n) is 8.80. The number of amides is 2. The van der Waals surface area contributed by atoms with Gasteiger partial charge < -0.3 is 16.4 Å². The number of nitrogens with two attached hydrogens (primary N) is 1. The van der Waals surface area contributed by atoms with Crippen molar-refractivity contribution >= 4 is 11.8 Å². The third kappa shape index (κ3) is 5.53. The van der Waals surface area contributed by atoms with Crippen molar-refractivity contribution in [1.29, 1.82) is 0 Å². The third-order valence-electron chi connectivity index (χ3n) is 1.89. The van der Waals surface area contributed by atoms with Crippen LogP contribution in [0.1, 0.15) is 26.2 Å². The molecule has 0 bridgehead atoms. The van der Waals surface area contributed by atoms with E-state index >= 15 is 0 Å². The van der Waals surface area contributed by atoms with Gasteiger partial charge in [0.15, 0.2) is 0 Å². The molecule has 0 radical (unpaired) electrons. The van der Waals surface area contributed by atoms with Gasteiger partial charge in [0.2, 0.25) is 11.8 Å². The Morgan fingerprint density at radius 1 is 1.36 bits per heavy atom. The van der Waals surface area contributed by atoms with Crippen molar-refractivity contribution in [1.82, 2.24) is 10.6 Å². The Morgan fingerprint density at radius 3 is 2.43 bits per heavy atom. The first-order valence-corrected chi connectivity index (χ1v) is 4.80. The molecular weight excluding hydrogens is 182 g/mol. The highest BCUT2D eigenvalue weighted by Gasteiger charge is 2.16. The summed E-state index contributed by atoms with van der Waals surface area (Å²) in [5, 5.41) is 5.11. The van der Waals surface area contributed by atoms with Gasteiger partial charge in [-0.05, 0) is 25.8 Å². The van der Waals surface area contributed by atoms with Gasteiger partial charge in [0.05, 0.1) is 0 Å². The molecule has 0 rings (SSSR count). The molecule has 82 valence electrons. The Balaban J connectivity index is 3.97. The summed E-state index contributed by atoms with van der Waals surface area (Å²) in [4.78, 5) is 22.1. The van der Waals surface area contributed by atoms with Crippen LogP contribution in [-0.4, -0.2) is 31.4 Å². The molecule has 0 aromatic carbocycles. The minimum Gasteiger partial charge on any atom is -0.357 e. The van der Waals surface area contributed by atoms with E-state index in [1.807, 2.05) is 0 Å². The van der Waals surface area contributed by atoms with Crippen molar-refractivity contribution in [3.8, 4) is 0 Å². The lowest BCUT2D eigenvalue weighted by Gasteiger charge is -2.15. The van der Waals surface area contributed by atoms with E-state index in [1.165, 1.54) is 6.92 Å². The van der Waals surface area contributed by atoms with Gasteiger partial charge in [0.25, 0.3) is 0 Å². The molecule has 0 fully saturated rings. The highest BCUT2D eigenvalue weighted by atomic mass is 16.2. The first-order valence-electron chi connectivity index (χ1n) is 4.80. The molecule has 0 aliphatic heterocycles. The monoisotopic (exact) mass is 201 g/mol. The van der Waals surface area contributed by atoms with Crippen LogP contribution in [-0.2, 0) is 9.59 Å². The van der Waals surface area contributed by atoms with Gasteiger partial charge in [-0.25, -0.2) is 0 Å². The number of rotatable bonds is 6. The topological polar surface area (TPSA) is 84.2 Å². The van der Waals surface area contributed by atoms with Crippen LogP contribution in [0, 0.1) is 0 Å². The lowest BCUT2D eigenvalue weighted by molar-refractivity contribution is -0.127. The Kier molecular flexibility index (Phi) is 6.74. The molecule has 14 heavy (non-hydrogen) atoms. The number of nitrogens with one attached hydrogen (secondary N) is 2. The van der Waals surface area contributed by atoms with Crippen molar-refractivity contribution in [3.05, 3.63) is 0 Å². The maximum absolute atomic E-state index is 11.3. The summed E-state index contributed by atoms with van der Waals surface area (Å²) in [6.45, 7) is 2.01. The van der Waals surface area contributed by atoms with Crippen LogP contribution < -0.4 is 16.4 Å². The number of carbonyl (C=O) groups is 2. The van der Waals surface area contributed by atoms with E-state index in [1.54, 1.807) is 7.05 Å². The average molecular weight is 201 g/mol. The Hall–Kier alpha value is -1.10. The summed E-state index contributed by atoms with van der Waals surface area (Å²) in [6, 6.07) is -0.427. The summed E-state index contributed by atoms with van der Waals surface area (Å²) in [5.41, 5.74) is 5.34. The molecule has 5 nitrogen and oxygen atoms in total. The molecule has 0 aliphatic carbocycles. The normalized spacial score (nSPS) is 11.9. The zero-order valence-corrected chi connectivity index (χ0v) is 8.80. The molecule has 0 saturated carbocycles. The number of likely N-dealkylation sites (N-methyl/N-ethyl adjacent to an activating group) is 1. The van der Waals surface area contributed by atoms with Gasteiger partial charge >= 0.3 is 0 Å². The predicted octanol–water partition coefficient (Wildman–Crippen LogP) is -0.634. The van der Waals surface area contributed by atoms with Gasteiger partial charge in [-0.3, -0.25) is 9.59 Å². The molecule has 0 aromatic heterocycles. The first-order chi connectivity index (χ1) is 6.61. The molecule has 4 N–H and O–H groups in total. The quantitative estimate of drug-likeness (QED) is 0.500. The smallest absolute Gasteiger partial charge is 0.242 e. The van der Waals surface area contributed by atoms with Crippen molar-refractivity contribution < 1.29 is 9.59 Å². The van der Waals surface area contributed by atoms with E-state index in [0.717, 1.165) is 12.8 Å². The van der Waals surface area contributed by atoms with Crippen molar-refractivity contribution in [2.75, 3.05) is 13.6 Å². The third-order valence-corrected chi connectivity index (χ3v) is 1.89. The average Bonchev–Trinajstić information content (AvgIpc) is 2.15. The molecule has 0 saturated heterocycles. The summed E-state index contributed by atoms with van der Waals surface area (Å²) in [7, 11) is 1.56. The summed E-state index contributed by atoms with van der Waals surface area (Å²) >= 11 is 0. The van der Waals surface area contributed by atoms with Crippen molar-refractivity contribution in [2.45, 2.75) is 32.2 Å². The molecule has 1 unspecified atom stereocenters. The Bertz CT molecular complexity index is 194. The summed E-state index contributed by atoms with van der Waals surface area (Å²) in [6.07, 6.45) is 2.35. The maximum atomic E-state index is 11.3. The second-order valence-electron chi connectivity index (χ2n) is 3.15. The largest absolute Gasteiger partial charge is 0.357 e. The molecule has 0 spiro atoms. The van der Waals surface area contributed by atoms with Gasteiger partial charge in [0.1, 0.15) is 6.04 Å². The second-order valence-corrected chi connectivity index (χ2v) is 3.15. The van der Waals surface area contributed by atoms with Gasteiger partial charge in [-0.15, -0.1) is 0 Å². The van der Waals surface area contributed by atoms with Gasteiger partial charge in [-0.2, -0.15) is 0 Å². The summed E-state index contributed by atoms with van der Waals surface area (Å²) in [5.74, 6) is -0.344. The van der Waals surface area contributed by atoms with Gasteiger partial charge in [-0.1, -0.05) is 0 Å². The molecule has 0 aromatic rings. The fourth-order valence-electron chi connectivity index (χ4n) is 1.18. The molecule has 1 atom stereocenters. The van der Waals surface area contributed by atoms with Crippen LogP contribution in [0.25, 0.3) is 0 Å².